The van der Waals surface area contributed by atoms with E-state index < -0.39 is 12.8 Å². The first-order chi connectivity index (χ1) is 14.3. The second-order valence-electron chi connectivity index (χ2n) is 6.46. The lowest BCUT2D eigenvalue weighted by Crippen LogP contribution is -2.53. The van der Waals surface area contributed by atoms with E-state index in [2.05, 4.69) is 10.3 Å². The number of ether oxygens (including phenoxy) is 3. The number of alkyl halides is 3. The molecule has 0 spiro atoms. The van der Waals surface area contributed by atoms with Crippen LogP contribution in [0.15, 0.2) is 23.2 Å². The summed E-state index contributed by atoms with van der Waals surface area (Å²) in [6.45, 7) is 3.37. The Morgan fingerprint density at radius 2 is 1.83 bits per heavy atom. The molecule has 0 radical (unpaired) electrons. The molecule has 1 aliphatic heterocycles. The van der Waals surface area contributed by atoms with E-state index in [4.69, 9.17) is 14.2 Å². The standard InChI is InChI=1S/C19H27F3N4O4/c1-4-29-18(27)26-9-7-25(8-10-26)17(23-2)24-12-14-5-6-15(16(11-14)28-3)30-13-19(20,21)22/h5-6,11H,4,7-10,12-13H2,1-3H3,(H,23,24). The third-order valence-electron chi connectivity index (χ3n) is 4.39. The molecule has 1 aliphatic rings. The number of hydrogen-bond donors (Lipinski definition) is 1. The highest BCUT2D eigenvalue weighted by atomic mass is 19.4. The zero-order chi connectivity index (χ0) is 22.1. The molecule has 1 saturated heterocycles. The van der Waals surface area contributed by atoms with E-state index in [1.54, 1.807) is 31.0 Å². The molecule has 1 aromatic carbocycles. The number of nitrogens with zero attached hydrogens (tertiary/aromatic N) is 3. The van der Waals surface area contributed by atoms with Crippen LogP contribution >= 0.6 is 0 Å². The van der Waals surface area contributed by atoms with Crippen LogP contribution in [0.3, 0.4) is 0 Å². The van der Waals surface area contributed by atoms with Crippen LogP contribution in [-0.2, 0) is 11.3 Å². The van der Waals surface area contributed by atoms with Gasteiger partial charge in [-0.15, -0.1) is 0 Å². The van der Waals surface area contributed by atoms with Crippen LogP contribution in [-0.4, -0.2) is 81.6 Å². The van der Waals surface area contributed by atoms with Crippen molar-refractivity contribution in [3.63, 3.8) is 0 Å². The van der Waals surface area contributed by atoms with Gasteiger partial charge in [0.05, 0.1) is 13.7 Å². The normalized spacial score (nSPS) is 15.1. The summed E-state index contributed by atoms with van der Waals surface area (Å²) in [6.07, 6.45) is -4.74. The molecule has 2 rings (SSSR count). The van der Waals surface area contributed by atoms with E-state index in [9.17, 15) is 18.0 Å². The van der Waals surface area contributed by atoms with E-state index in [-0.39, 0.29) is 17.6 Å². The van der Waals surface area contributed by atoms with E-state index in [0.717, 1.165) is 5.56 Å². The summed E-state index contributed by atoms with van der Waals surface area (Å²) >= 11 is 0. The molecule has 1 aromatic rings. The predicted molar refractivity (Wildman–Crippen MR) is 105 cm³/mol. The van der Waals surface area contributed by atoms with Crippen molar-refractivity contribution in [2.24, 2.45) is 4.99 Å². The Balaban J connectivity index is 1.91. The van der Waals surface area contributed by atoms with Gasteiger partial charge in [-0.1, -0.05) is 6.07 Å². The van der Waals surface area contributed by atoms with Crippen molar-refractivity contribution in [3.05, 3.63) is 23.8 Å². The SMILES string of the molecule is CCOC(=O)N1CCN(C(=NC)NCc2ccc(OCC(F)(F)F)c(OC)c2)CC1. The highest BCUT2D eigenvalue weighted by molar-refractivity contribution is 5.80. The Morgan fingerprint density at radius 1 is 1.17 bits per heavy atom. The maximum Gasteiger partial charge on any atom is 0.422 e. The third-order valence-corrected chi connectivity index (χ3v) is 4.39. The van der Waals surface area contributed by atoms with Crippen LogP contribution < -0.4 is 14.8 Å². The maximum absolute atomic E-state index is 12.4. The van der Waals surface area contributed by atoms with Crippen molar-refractivity contribution in [1.82, 2.24) is 15.1 Å². The van der Waals surface area contributed by atoms with Gasteiger partial charge in [0, 0.05) is 39.8 Å². The molecule has 1 N–H and O–H groups in total. The molecule has 30 heavy (non-hydrogen) atoms. The fraction of sp³-hybridized carbons (Fsp3) is 0.579. The monoisotopic (exact) mass is 432 g/mol. The van der Waals surface area contributed by atoms with E-state index in [1.807, 2.05) is 4.90 Å². The predicted octanol–water partition coefficient (Wildman–Crippen LogP) is 2.49. The summed E-state index contributed by atoms with van der Waals surface area (Å²) in [7, 11) is 3.03. The lowest BCUT2D eigenvalue weighted by molar-refractivity contribution is -0.153. The minimum absolute atomic E-state index is 0.0260. The molecular weight excluding hydrogens is 405 g/mol. The van der Waals surface area contributed by atoms with Crippen LogP contribution in [0.1, 0.15) is 12.5 Å². The first-order valence-electron chi connectivity index (χ1n) is 9.51. The first-order valence-corrected chi connectivity index (χ1v) is 9.51. The largest absolute Gasteiger partial charge is 0.493 e. The van der Waals surface area contributed by atoms with Gasteiger partial charge in [0.15, 0.2) is 24.1 Å². The fourth-order valence-electron chi connectivity index (χ4n) is 2.93. The first kappa shape index (κ1) is 23.4. The number of carbonyl (C=O) groups is 1. The lowest BCUT2D eigenvalue weighted by Gasteiger charge is -2.35. The van der Waals surface area contributed by atoms with Crippen LogP contribution in [0, 0.1) is 0 Å². The molecule has 8 nitrogen and oxygen atoms in total. The highest BCUT2D eigenvalue weighted by Crippen LogP contribution is 2.29. The number of halogens is 3. The van der Waals surface area contributed by atoms with Gasteiger partial charge in [-0.3, -0.25) is 4.99 Å². The van der Waals surface area contributed by atoms with Crippen molar-refractivity contribution in [3.8, 4) is 11.5 Å². The van der Waals surface area contributed by atoms with Gasteiger partial charge in [0.25, 0.3) is 0 Å². The molecule has 0 aliphatic carbocycles. The average Bonchev–Trinajstić information content (AvgIpc) is 2.73. The van der Waals surface area contributed by atoms with Crippen molar-refractivity contribution in [2.45, 2.75) is 19.6 Å². The van der Waals surface area contributed by atoms with Gasteiger partial charge in [-0.2, -0.15) is 13.2 Å². The Kier molecular flexibility index (Phi) is 8.43. The highest BCUT2D eigenvalue weighted by Gasteiger charge is 2.29. The van der Waals surface area contributed by atoms with E-state index in [0.29, 0.717) is 45.3 Å². The minimum atomic E-state index is -4.42. The van der Waals surface area contributed by atoms with Crippen molar-refractivity contribution in [1.29, 1.82) is 0 Å². The number of aliphatic imine (C=N–C) groups is 1. The van der Waals surface area contributed by atoms with Crippen molar-refractivity contribution >= 4 is 12.1 Å². The van der Waals surface area contributed by atoms with Gasteiger partial charge in [-0.05, 0) is 24.6 Å². The Bertz CT molecular complexity index is 735. The second kappa shape index (κ2) is 10.8. The molecule has 1 heterocycles. The number of benzene rings is 1. The van der Waals surface area contributed by atoms with Gasteiger partial charge in [0.1, 0.15) is 0 Å². The molecule has 168 valence electrons. The number of guanidine groups is 1. The molecule has 11 heteroatoms. The van der Waals surface area contributed by atoms with Crippen molar-refractivity contribution in [2.75, 3.05) is 53.6 Å². The van der Waals surface area contributed by atoms with E-state index in [1.165, 1.54) is 13.2 Å². The molecule has 0 unspecified atom stereocenters. The van der Waals surface area contributed by atoms with Crippen LogP contribution in [0.5, 0.6) is 11.5 Å². The maximum atomic E-state index is 12.4. The quantitative estimate of drug-likeness (QED) is 0.550. The zero-order valence-corrected chi connectivity index (χ0v) is 17.3. The smallest absolute Gasteiger partial charge is 0.422 e. The summed E-state index contributed by atoms with van der Waals surface area (Å²) in [4.78, 5) is 19.7. The zero-order valence-electron chi connectivity index (χ0n) is 17.3. The lowest BCUT2D eigenvalue weighted by atomic mass is 10.2. The Hall–Kier alpha value is -2.85. The van der Waals surface area contributed by atoms with Crippen LogP contribution in [0.25, 0.3) is 0 Å². The van der Waals surface area contributed by atoms with Crippen molar-refractivity contribution < 1.29 is 32.2 Å². The van der Waals surface area contributed by atoms with Crippen LogP contribution in [0.2, 0.25) is 0 Å². The number of nitrogens with one attached hydrogen (secondary N) is 1. The Labute approximate surface area is 173 Å². The summed E-state index contributed by atoms with van der Waals surface area (Å²) in [5.41, 5.74) is 0.789. The number of carbonyl (C=O) groups excluding carboxylic acids is 1. The minimum Gasteiger partial charge on any atom is -0.493 e. The summed E-state index contributed by atoms with van der Waals surface area (Å²) in [5, 5.41) is 3.22. The number of piperazine rings is 1. The average molecular weight is 432 g/mol. The molecule has 1 fully saturated rings. The number of hydrogen-bond acceptors (Lipinski definition) is 5. The molecule has 0 saturated carbocycles. The third kappa shape index (κ3) is 6.89. The molecule has 0 aromatic heterocycles. The summed E-state index contributed by atoms with van der Waals surface area (Å²) in [6, 6.07) is 4.72. The number of rotatable bonds is 6. The van der Waals surface area contributed by atoms with E-state index >= 15 is 0 Å². The van der Waals surface area contributed by atoms with Crippen LogP contribution in [0.4, 0.5) is 18.0 Å². The molecule has 1 amide bonds. The van der Waals surface area contributed by atoms with Gasteiger partial charge in [0.2, 0.25) is 0 Å². The second-order valence-corrected chi connectivity index (χ2v) is 6.46. The number of amides is 1. The number of methoxy groups -OCH3 is 1. The van der Waals surface area contributed by atoms with Gasteiger partial charge in [-0.25, -0.2) is 4.79 Å². The fourth-order valence-corrected chi connectivity index (χ4v) is 2.93. The molecule has 0 atom stereocenters. The summed E-state index contributed by atoms with van der Waals surface area (Å²) in [5.74, 6) is 0.907. The van der Waals surface area contributed by atoms with Gasteiger partial charge >= 0.3 is 12.3 Å². The Morgan fingerprint density at radius 3 is 2.40 bits per heavy atom. The van der Waals surface area contributed by atoms with Gasteiger partial charge < -0.3 is 29.3 Å². The summed E-state index contributed by atoms with van der Waals surface area (Å²) < 4.78 is 52.0. The molecular formula is C19H27F3N4O4. The molecule has 0 bridgehead atoms. The topological polar surface area (TPSA) is 75.6 Å².